The topological polar surface area (TPSA) is 12.0 Å². The molecule has 0 spiro atoms. The van der Waals surface area contributed by atoms with Crippen molar-refractivity contribution in [2.75, 3.05) is 6.54 Å². The van der Waals surface area contributed by atoms with Gasteiger partial charge >= 0.3 is 0 Å². The van der Waals surface area contributed by atoms with Crippen LogP contribution in [-0.4, -0.2) is 6.54 Å². The van der Waals surface area contributed by atoms with Crippen molar-refractivity contribution >= 4 is 15.9 Å². The molecule has 1 nitrogen and oxygen atoms in total. The summed E-state index contributed by atoms with van der Waals surface area (Å²) in [5, 5.41) is 3.70. The number of unbranched alkanes of at least 4 members (excludes halogenated alkanes) is 1. The van der Waals surface area contributed by atoms with Crippen LogP contribution in [0.3, 0.4) is 0 Å². The van der Waals surface area contributed by atoms with Gasteiger partial charge in [0.25, 0.3) is 0 Å². The highest BCUT2D eigenvalue weighted by molar-refractivity contribution is 9.10. The molecule has 120 valence electrons. The number of nitrogens with one attached hydrogen (secondary N) is 1. The molecule has 2 atom stereocenters. The summed E-state index contributed by atoms with van der Waals surface area (Å²) in [6, 6.07) is 5.18. The number of benzene rings is 1. The Morgan fingerprint density at radius 1 is 1.10 bits per heavy atom. The molecule has 2 unspecified atom stereocenters. The summed E-state index contributed by atoms with van der Waals surface area (Å²) in [7, 11) is 0. The molecule has 0 bridgehead atoms. The summed E-state index contributed by atoms with van der Waals surface area (Å²) in [4.78, 5) is 0. The smallest absolute Gasteiger partial charge is 0.0322 e. The summed E-state index contributed by atoms with van der Waals surface area (Å²) >= 11 is 3.68. The lowest BCUT2D eigenvalue weighted by atomic mass is 9.88. The molecule has 0 saturated heterocycles. The van der Waals surface area contributed by atoms with Gasteiger partial charge in [0, 0.05) is 10.5 Å². The molecule has 0 amide bonds. The fourth-order valence-corrected chi connectivity index (χ4v) is 3.31. The van der Waals surface area contributed by atoms with Crippen LogP contribution in [0, 0.1) is 19.8 Å². The van der Waals surface area contributed by atoms with Crippen LogP contribution >= 0.6 is 15.9 Å². The first-order valence-electron chi connectivity index (χ1n) is 8.53. The molecule has 0 aliphatic heterocycles. The minimum Gasteiger partial charge on any atom is -0.310 e. The Labute approximate surface area is 140 Å². The Kier molecular flexibility index (Phi) is 8.58. The minimum atomic E-state index is 0.488. The van der Waals surface area contributed by atoms with Crippen LogP contribution in [0.5, 0.6) is 0 Å². The number of rotatable bonds is 9. The number of hydrogen-bond acceptors (Lipinski definition) is 1. The highest BCUT2D eigenvalue weighted by Gasteiger charge is 2.17. The van der Waals surface area contributed by atoms with E-state index < -0.39 is 0 Å². The third-order valence-corrected chi connectivity index (χ3v) is 5.67. The summed E-state index contributed by atoms with van der Waals surface area (Å²) in [6.45, 7) is 12.2. The van der Waals surface area contributed by atoms with Crippen LogP contribution in [0.15, 0.2) is 16.6 Å². The Morgan fingerprint density at radius 3 is 2.19 bits per heavy atom. The van der Waals surface area contributed by atoms with Gasteiger partial charge < -0.3 is 5.32 Å². The van der Waals surface area contributed by atoms with E-state index in [0.717, 1.165) is 12.5 Å². The maximum Gasteiger partial charge on any atom is 0.0322 e. The summed E-state index contributed by atoms with van der Waals surface area (Å²) in [5.41, 5.74) is 4.13. The van der Waals surface area contributed by atoms with E-state index >= 15 is 0 Å². The molecule has 0 fully saturated rings. The average Bonchev–Trinajstić information content (AvgIpc) is 2.47. The molecular weight excluding hydrogens is 322 g/mol. The Balaban J connectivity index is 2.90. The lowest BCUT2D eigenvalue weighted by Crippen LogP contribution is -2.23. The second-order valence-corrected chi connectivity index (χ2v) is 7.02. The quantitative estimate of drug-likeness (QED) is 0.547. The zero-order chi connectivity index (χ0) is 15.8. The zero-order valence-corrected chi connectivity index (χ0v) is 16.0. The van der Waals surface area contributed by atoms with Crippen molar-refractivity contribution in [3.05, 3.63) is 33.3 Å². The van der Waals surface area contributed by atoms with Gasteiger partial charge in [-0.3, -0.25) is 0 Å². The van der Waals surface area contributed by atoms with Crippen molar-refractivity contribution in [3.63, 3.8) is 0 Å². The van der Waals surface area contributed by atoms with E-state index in [0.29, 0.717) is 6.04 Å². The Bertz CT molecular complexity index is 405. The van der Waals surface area contributed by atoms with Gasteiger partial charge in [-0.05, 0) is 49.4 Å². The fraction of sp³-hybridized carbons (Fsp3) is 0.684. The van der Waals surface area contributed by atoms with Gasteiger partial charge in [-0.25, -0.2) is 0 Å². The standard InChI is InChI=1S/C19H32BrN/c1-6-9-10-16(7-2)13-18(21-8-3)17-11-14(4)19(20)15(5)12-17/h11-12,16,18,21H,6-10,13H2,1-5H3. The van der Waals surface area contributed by atoms with Gasteiger partial charge in [-0.2, -0.15) is 0 Å². The van der Waals surface area contributed by atoms with Crippen LogP contribution in [0.25, 0.3) is 0 Å². The molecular formula is C19H32BrN. The monoisotopic (exact) mass is 353 g/mol. The van der Waals surface area contributed by atoms with Gasteiger partial charge in [0.15, 0.2) is 0 Å². The molecule has 0 saturated carbocycles. The highest BCUT2D eigenvalue weighted by Crippen LogP contribution is 2.30. The third-order valence-electron chi connectivity index (χ3n) is 4.42. The molecule has 0 aliphatic carbocycles. The molecule has 0 aromatic heterocycles. The SMILES string of the molecule is CCCCC(CC)CC(NCC)c1cc(C)c(Br)c(C)c1. The van der Waals surface area contributed by atoms with Crippen LogP contribution in [0.4, 0.5) is 0 Å². The van der Waals surface area contributed by atoms with E-state index in [4.69, 9.17) is 0 Å². The molecule has 1 aromatic rings. The molecule has 0 aliphatic rings. The minimum absolute atomic E-state index is 0.488. The third kappa shape index (κ3) is 5.75. The van der Waals surface area contributed by atoms with E-state index in [1.54, 1.807) is 0 Å². The molecule has 0 radical (unpaired) electrons. The van der Waals surface area contributed by atoms with Crippen molar-refractivity contribution in [1.29, 1.82) is 0 Å². The van der Waals surface area contributed by atoms with Crippen molar-refractivity contribution < 1.29 is 0 Å². The number of hydrogen-bond donors (Lipinski definition) is 1. The average molecular weight is 354 g/mol. The molecule has 2 heteroatoms. The zero-order valence-electron chi connectivity index (χ0n) is 14.4. The fourth-order valence-electron chi connectivity index (χ4n) is 3.08. The van der Waals surface area contributed by atoms with Crippen LogP contribution in [0.2, 0.25) is 0 Å². The molecule has 1 rings (SSSR count). The Hall–Kier alpha value is -0.340. The van der Waals surface area contributed by atoms with Gasteiger partial charge in [0.1, 0.15) is 0 Å². The van der Waals surface area contributed by atoms with Crippen LogP contribution in [0.1, 0.15) is 75.6 Å². The molecule has 21 heavy (non-hydrogen) atoms. The summed E-state index contributed by atoms with van der Waals surface area (Å²) in [5.74, 6) is 0.832. The number of aryl methyl sites for hydroxylation is 2. The van der Waals surface area contributed by atoms with Crippen molar-refractivity contribution in [2.45, 2.75) is 72.8 Å². The first-order chi connectivity index (χ1) is 10.0. The van der Waals surface area contributed by atoms with Crippen LogP contribution < -0.4 is 5.32 Å². The van der Waals surface area contributed by atoms with Crippen molar-refractivity contribution in [3.8, 4) is 0 Å². The van der Waals surface area contributed by atoms with Gasteiger partial charge in [0.05, 0.1) is 0 Å². The van der Waals surface area contributed by atoms with Crippen LogP contribution in [-0.2, 0) is 0 Å². The van der Waals surface area contributed by atoms with Gasteiger partial charge in [-0.15, -0.1) is 0 Å². The van der Waals surface area contributed by atoms with Crippen molar-refractivity contribution in [1.82, 2.24) is 5.32 Å². The first kappa shape index (κ1) is 18.7. The molecule has 1 N–H and O–H groups in total. The lowest BCUT2D eigenvalue weighted by molar-refractivity contribution is 0.357. The summed E-state index contributed by atoms with van der Waals surface area (Å²) < 4.78 is 1.25. The summed E-state index contributed by atoms with van der Waals surface area (Å²) in [6.07, 6.45) is 6.57. The van der Waals surface area contributed by atoms with Gasteiger partial charge in [-0.1, -0.05) is 74.5 Å². The first-order valence-corrected chi connectivity index (χ1v) is 9.32. The second kappa shape index (κ2) is 9.63. The molecule has 1 aromatic carbocycles. The van der Waals surface area contributed by atoms with E-state index in [-0.39, 0.29) is 0 Å². The van der Waals surface area contributed by atoms with Crippen molar-refractivity contribution in [2.24, 2.45) is 5.92 Å². The van der Waals surface area contributed by atoms with E-state index in [2.05, 4.69) is 68.0 Å². The van der Waals surface area contributed by atoms with E-state index in [1.165, 1.54) is 53.3 Å². The maximum absolute atomic E-state index is 3.70. The second-order valence-electron chi connectivity index (χ2n) is 6.23. The van der Waals surface area contributed by atoms with Gasteiger partial charge in [0.2, 0.25) is 0 Å². The molecule has 0 heterocycles. The highest BCUT2D eigenvalue weighted by atomic mass is 79.9. The maximum atomic E-state index is 3.70. The normalized spacial score (nSPS) is 14.2. The predicted molar refractivity (Wildman–Crippen MR) is 98.0 cm³/mol. The number of halogens is 1. The Morgan fingerprint density at radius 2 is 1.71 bits per heavy atom. The largest absolute Gasteiger partial charge is 0.310 e. The lowest BCUT2D eigenvalue weighted by Gasteiger charge is -2.25. The predicted octanol–water partition coefficient (Wildman–Crippen LogP) is 6.32. The van der Waals surface area contributed by atoms with E-state index in [1.807, 2.05) is 0 Å². The van der Waals surface area contributed by atoms with E-state index in [9.17, 15) is 0 Å².